The summed E-state index contributed by atoms with van der Waals surface area (Å²) in [6.45, 7) is 6.00. The molecule has 0 unspecified atom stereocenters. The van der Waals surface area contributed by atoms with Crippen molar-refractivity contribution in [3.8, 4) is 11.5 Å². The Kier molecular flexibility index (Phi) is 3.66. The van der Waals surface area contributed by atoms with Crippen LogP contribution < -0.4 is 20.1 Å². The van der Waals surface area contributed by atoms with Gasteiger partial charge in [0.15, 0.2) is 11.5 Å². The molecule has 0 bridgehead atoms. The van der Waals surface area contributed by atoms with Gasteiger partial charge in [0.1, 0.15) is 13.2 Å². The van der Waals surface area contributed by atoms with Crippen molar-refractivity contribution in [1.29, 1.82) is 0 Å². The van der Waals surface area contributed by atoms with Gasteiger partial charge in [0.25, 0.3) is 0 Å². The summed E-state index contributed by atoms with van der Waals surface area (Å²) in [5, 5.41) is 6.00. The fraction of sp³-hybridized carbons (Fsp3) is 0.562. The van der Waals surface area contributed by atoms with Gasteiger partial charge in [0.05, 0.1) is 5.54 Å². The molecule has 0 spiro atoms. The zero-order chi connectivity index (χ0) is 14.9. The highest BCUT2D eigenvalue weighted by molar-refractivity contribution is 5.75. The van der Waals surface area contributed by atoms with E-state index >= 15 is 0 Å². The van der Waals surface area contributed by atoms with Crippen molar-refractivity contribution in [3.63, 3.8) is 0 Å². The lowest BCUT2D eigenvalue weighted by Gasteiger charge is -2.23. The molecule has 114 valence electrons. The van der Waals surface area contributed by atoms with Crippen molar-refractivity contribution >= 4 is 6.03 Å². The molecule has 5 nitrogen and oxygen atoms in total. The van der Waals surface area contributed by atoms with Gasteiger partial charge in [-0.25, -0.2) is 4.79 Å². The zero-order valence-corrected chi connectivity index (χ0v) is 12.6. The maximum Gasteiger partial charge on any atom is 0.315 e. The first kappa shape index (κ1) is 14.0. The van der Waals surface area contributed by atoms with Gasteiger partial charge in [-0.3, -0.25) is 0 Å². The highest BCUT2D eigenvalue weighted by Crippen LogP contribution is 2.47. The molecule has 1 heterocycles. The first-order valence-corrected chi connectivity index (χ1v) is 7.55. The van der Waals surface area contributed by atoms with Crippen LogP contribution in [0.25, 0.3) is 0 Å². The highest BCUT2D eigenvalue weighted by atomic mass is 16.6. The smallest absolute Gasteiger partial charge is 0.315 e. The van der Waals surface area contributed by atoms with Gasteiger partial charge in [0.2, 0.25) is 0 Å². The van der Waals surface area contributed by atoms with E-state index in [-0.39, 0.29) is 11.6 Å². The van der Waals surface area contributed by atoms with Crippen LogP contribution in [0.3, 0.4) is 0 Å². The number of fused-ring (bicyclic) bond motifs is 1. The van der Waals surface area contributed by atoms with Gasteiger partial charge >= 0.3 is 6.03 Å². The number of hydrogen-bond donors (Lipinski definition) is 2. The lowest BCUT2D eigenvalue weighted by molar-refractivity contribution is 0.171. The predicted molar refractivity (Wildman–Crippen MR) is 79.7 cm³/mol. The van der Waals surface area contributed by atoms with E-state index in [0.717, 1.165) is 29.9 Å². The molecular formula is C16H22N2O3. The molecule has 0 radical (unpaired) electrons. The second-order valence-electron chi connectivity index (χ2n) is 6.17. The largest absolute Gasteiger partial charge is 0.486 e. The summed E-state index contributed by atoms with van der Waals surface area (Å²) in [6.07, 6.45) is 1.92. The number of hydrogen-bond acceptors (Lipinski definition) is 3. The van der Waals surface area contributed by atoms with Crippen molar-refractivity contribution < 1.29 is 14.3 Å². The number of carbonyl (C=O) groups excluding carboxylic acids is 1. The number of rotatable bonds is 4. The van der Waals surface area contributed by atoms with E-state index in [2.05, 4.69) is 24.5 Å². The minimum Gasteiger partial charge on any atom is -0.486 e. The van der Waals surface area contributed by atoms with Gasteiger partial charge in [0, 0.05) is 6.54 Å². The van der Waals surface area contributed by atoms with Crippen LogP contribution in [0.4, 0.5) is 4.79 Å². The molecule has 2 aliphatic rings. The highest BCUT2D eigenvalue weighted by Gasteiger charge is 2.46. The molecule has 0 aromatic heterocycles. The lowest BCUT2D eigenvalue weighted by Crippen LogP contribution is -2.43. The Balaban J connectivity index is 1.69. The minimum absolute atomic E-state index is 0.101. The van der Waals surface area contributed by atoms with E-state index in [1.165, 1.54) is 0 Å². The third kappa shape index (κ3) is 3.06. The van der Waals surface area contributed by atoms with E-state index < -0.39 is 0 Å². The van der Waals surface area contributed by atoms with E-state index in [4.69, 9.17) is 9.47 Å². The average molecular weight is 290 g/mol. The summed E-state index contributed by atoms with van der Waals surface area (Å²) in [5.74, 6) is 2.00. The van der Waals surface area contributed by atoms with Crippen LogP contribution in [0.1, 0.15) is 32.3 Å². The zero-order valence-electron chi connectivity index (χ0n) is 12.6. The van der Waals surface area contributed by atoms with Gasteiger partial charge in [-0.15, -0.1) is 0 Å². The molecule has 5 heteroatoms. The molecule has 3 rings (SSSR count). The summed E-state index contributed by atoms with van der Waals surface area (Å²) >= 11 is 0. The number of carbonyl (C=O) groups is 1. The topological polar surface area (TPSA) is 59.6 Å². The van der Waals surface area contributed by atoms with Crippen molar-refractivity contribution in [2.24, 2.45) is 5.92 Å². The molecule has 2 amide bonds. The third-order valence-corrected chi connectivity index (χ3v) is 3.87. The first-order chi connectivity index (χ1) is 10.1. The molecular weight excluding hydrogens is 268 g/mol. The van der Waals surface area contributed by atoms with Crippen molar-refractivity contribution in [1.82, 2.24) is 10.6 Å². The molecule has 1 fully saturated rings. The molecule has 0 saturated heterocycles. The Bertz CT molecular complexity index is 538. The lowest BCUT2D eigenvalue weighted by atomic mass is 10.0. The predicted octanol–water partition coefficient (Wildman–Crippen LogP) is 2.40. The molecule has 1 aliphatic carbocycles. The molecule has 1 aromatic carbocycles. The molecule has 21 heavy (non-hydrogen) atoms. The van der Waals surface area contributed by atoms with Crippen LogP contribution in [0.2, 0.25) is 0 Å². The quantitative estimate of drug-likeness (QED) is 0.895. The van der Waals surface area contributed by atoms with Gasteiger partial charge in [-0.1, -0.05) is 19.9 Å². The summed E-state index contributed by atoms with van der Waals surface area (Å²) < 4.78 is 11.2. The molecule has 0 atom stereocenters. The van der Waals surface area contributed by atoms with Crippen molar-refractivity contribution in [3.05, 3.63) is 23.8 Å². The van der Waals surface area contributed by atoms with Crippen LogP contribution in [-0.4, -0.2) is 25.8 Å². The number of amides is 2. The van der Waals surface area contributed by atoms with Crippen molar-refractivity contribution in [2.75, 3.05) is 19.8 Å². The maximum absolute atomic E-state index is 12.0. The fourth-order valence-electron chi connectivity index (χ4n) is 2.51. The fourth-order valence-corrected chi connectivity index (χ4v) is 2.51. The third-order valence-electron chi connectivity index (χ3n) is 3.87. The van der Waals surface area contributed by atoms with Gasteiger partial charge in [-0.2, -0.15) is 0 Å². The minimum atomic E-state index is -0.239. The summed E-state index contributed by atoms with van der Waals surface area (Å²) in [4.78, 5) is 12.0. The Labute approximate surface area is 125 Å². The van der Waals surface area contributed by atoms with Crippen LogP contribution in [-0.2, 0) is 5.54 Å². The van der Waals surface area contributed by atoms with Crippen molar-refractivity contribution in [2.45, 2.75) is 32.2 Å². The Morgan fingerprint density at radius 3 is 2.62 bits per heavy atom. The Morgan fingerprint density at radius 1 is 1.24 bits per heavy atom. The van der Waals surface area contributed by atoms with Crippen LogP contribution in [0.15, 0.2) is 18.2 Å². The van der Waals surface area contributed by atoms with Crippen LogP contribution in [0, 0.1) is 5.92 Å². The normalized spacial score (nSPS) is 18.2. The number of nitrogens with one attached hydrogen (secondary N) is 2. The molecule has 1 aromatic rings. The van der Waals surface area contributed by atoms with Gasteiger partial charge < -0.3 is 20.1 Å². The molecule has 2 N–H and O–H groups in total. The summed E-state index contributed by atoms with van der Waals surface area (Å²) in [6, 6.07) is 5.83. The SMILES string of the molecule is CC(C)CNC(=O)NC1(c2ccc3c(c2)OCCO3)CC1. The van der Waals surface area contributed by atoms with E-state index in [1.807, 2.05) is 18.2 Å². The van der Waals surface area contributed by atoms with Crippen LogP contribution in [0.5, 0.6) is 11.5 Å². The average Bonchev–Trinajstić information content (AvgIpc) is 3.25. The van der Waals surface area contributed by atoms with Crippen LogP contribution >= 0.6 is 0 Å². The summed E-state index contributed by atoms with van der Waals surface area (Å²) in [7, 11) is 0. The standard InChI is InChI=1S/C16H22N2O3/c1-11(2)10-17-15(19)18-16(5-6-16)12-3-4-13-14(9-12)21-8-7-20-13/h3-4,9,11H,5-8,10H2,1-2H3,(H2,17,18,19). The maximum atomic E-state index is 12.0. The Morgan fingerprint density at radius 2 is 1.95 bits per heavy atom. The number of urea groups is 1. The number of ether oxygens (including phenoxy) is 2. The molecule has 1 aliphatic heterocycles. The second-order valence-corrected chi connectivity index (χ2v) is 6.17. The van der Waals surface area contributed by atoms with E-state index in [0.29, 0.717) is 25.7 Å². The summed E-state index contributed by atoms with van der Waals surface area (Å²) in [5.41, 5.74) is 0.850. The van der Waals surface area contributed by atoms with E-state index in [9.17, 15) is 4.79 Å². The Hall–Kier alpha value is -1.91. The van der Waals surface area contributed by atoms with E-state index in [1.54, 1.807) is 0 Å². The number of benzene rings is 1. The molecule has 1 saturated carbocycles. The second kappa shape index (κ2) is 5.47. The monoisotopic (exact) mass is 290 g/mol. The first-order valence-electron chi connectivity index (χ1n) is 7.55. The van der Waals surface area contributed by atoms with Gasteiger partial charge in [-0.05, 0) is 36.5 Å².